The largest absolute Gasteiger partial charge is 0.376 e. The number of rotatable bonds is 5. The molecule has 0 bridgehead atoms. The van der Waals surface area contributed by atoms with Crippen molar-refractivity contribution in [3.8, 4) is 0 Å². The molecule has 0 saturated carbocycles. The van der Waals surface area contributed by atoms with Crippen molar-refractivity contribution in [1.82, 2.24) is 10.2 Å². The van der Waals surface area contributed by atoms with Crippen LogP contribution in [0.15, 0.2) is 0 Å². The first-order chi connectivity index (χ1) is 7.97. The van der Waals surface area contributed by atoms with Gasteiger partial charge in [0.25, 0.3) is 0 Å². The molecule has 0 spiro atoms. The number of hydrogen-bond donors (Lipinski definition) is 1. The normalized spacial score (nSPS) is 21.3. The summed E-state index contributed by atoms with van der Waals surface area (Å²) in [5.74, 6) is 0.133. The second-order valence-corrected chi connectivity index (χ2v) is 5.33. The minimum Gasteiger partial charge on any atom is -0.376 e. The van der Waals surface area contributed by atoms with Crippen LogP contribution >= 0.6 is 0 Å². The molecule has 0 radical (unpaired) electrons. The summed E-state index contributed by atoms with van der Waals surface area (Å²) in [5, 5.41) is 3.21. The third-order valence-electron chi connectivity index (χ3n) is 3.25. The van der Waals surface area contributed by atoms with E-state index in [2.05, 4.69) is 5.32 Å². The van der Waals surface area contributed by atoms with Gasteiger partial charge in [-0.05, 0) is 39.7 Å². The number of carbonyl (C=O) groups excluding carboxylic acids is 1. The average molecular weight is 242 g/mol. The van der Waals surface area contributed by atoms with Crippen molar-refractivity contribution >= 4 is 5.91 Å². The van der Waals surface area contributed by atoms with E-state index in [1.807, 2.05) is 27.8 Å². The van der Waals surface area contributed by atoms with Crippen molar-refractivity contribution in [3.05, 3.63) is 0 Å². The van der Waals surface area contributed by atoms with Crippen molar-refractivity contribution < 1.29 is 9.53 Å². The van der Waals surface area contributed by atoms with Crippen molar-refractivity contribution in [2.75, 3.05) is 26.7 Å². The van der Waals surface area contributed by atoms with Gasteiger partial charge in [-0.1, -0.05) is 6.92 Å². The Hall–Kier alpha value is -0.610. The number of nitrogens with one attached hydrogen (secondary N) is 1. The summed E-state index contributed by atoms with van der Waals surface area (Å²) >= 11 is 0. The van der Waals surface area contributed by atoms with Crippen molar-refractivity contribution in [3.63, 3.8) is 0 Å². The summed E-state index contributed by atoms with van der Waals surface area (Å²) in [6.07, 6.45) is 3.65. The zero-order valence-corrected chi connectivity index (χ0v) is 11.6. The molecule has 0 aromatic carbocycles. The quantitative estimate of drug-likeness (QED) is 0.792. The maximum Gasteiger partial charge on any atom is 0.242 e. The molecule has 0 aromatic heterocycles. The molecule has 1 rings (SSSR count). The van der Waals surface area contributed by atoms with Crippen LogP contribution in [0, 0.1) is 0 Å². The molecule has 0 aliphatic carbocycles. The molecular weight excluding hydrogens is 216 g/mol. The van der Waals surface area contributed by atoms with Crippen LogP contribution in [0.5, 0.6) is 0 Å². The van der Waals surface area contributed by atoms with Gasteiger partial charge in [-0.2, -0.15) is 0 Å². The Labute approximate surface area is 105 Å². The first-order valence-electron chi connectivity index (χ1n) is 6.59. The summed E-state index contributed by atoms with van der Waals surface area (Å²) in [5.41, 5.74) is -0.488. The van der Waals surface area contributed by atoms with E-state index >= 15 is 0 Å². The van der Waals surface area contributed by atoms with Gasteiger partial charge < -0.3 is 15.0 Å². The molecule has 1 N–H and O–H groups in total. The minimum atomic E-state index is -0.488. The Bertz CT molecular complexity index is 248. The highest BCUT2D eigenvalue weighted by Crippen LogP contribution is 2.15. The fourth-order valence-electron chi connectivity index (χ4n) is 2.33. The first-order valence-corrected chi connectivity index (χ1v) is 6.59. The number of ether oxygens (including phenoxy) is 1. The number of hydrogen-bond acceptors (Lipinski definition) is 3. The first kappa shape index (κ1) is 14.5. The summed E-state index contributed by atoms with van der Waals surface area (Å²) in [4.78, 5) is 14.0. The SMILES string of the molecule is CCNC(C)(C)C(=O)N(C)CC1CCCCO1. The van der Waals surface area contributed by atoms with Crippen LogP contribution in [0.2, 0.25) is 0 Å². The maximum atomic E-state index is 12.2. The molecular formula is C13H26N2O2. The molecule has 4 heteroatoms. The van der Waals surface area contributed by atoms with Crippen molar-refractivity contribution in [2.45, 2.75) is 51.7 Å². The lowest BCUT2D eigenvalue weighted by molar-refractivity contribution is -0.138. The second-order valence-electron chi connectivity index (χ2n) is 5.33. The molecule has 1 amide bonds. The smallest absolute Gasteiger partial charge is 0.242 e. The molecule has 100 valence electrons. The predicted octanol–water partition coefficient (Wildman–Crippen LogP) is 1.40. The Kier molecular flexibility index (Phi) is 5.40. The van der Waals surface area contributed by atoms with Gasteiger partial charge in [0.1, 0.15) is 0 Å². The van der Waals surface area contributed by atoms with Crippen LogP contribution in [-0.4, -0.2) is 49.2 Å². The Morgan fingerprint density at radius 3 is 2.71 bits per heavy atom. The summed E-state index contributed by atoms with van der Waals surface area (Å²) in [6.45, 7) is 8.21. The summed E-state index contributed by atoms with van der Waals surface area (Å²) < 4.78 is 5.66. The maximum absolute atomic E-state index is 12.2. The number of likely N-dealkylation sites (N-methyl/N-ethyl adjacent to an activating group) is 2. The van der Waals surface area contributed by atoms with E-state index in [-0.39, 0.29) is 12.0 Å². The van der Waals surface area contributed by atoms with Gasteiger partial charge in [-0.25, -0.2) is 0 Å². The number of carbonyl (C=O) groups is 1. The molecule has 1 saturated heterocycles. The van der Waals surface area contributed by atoms with Crippen molar-refractivity contribution in [2.24, 2.45) is 0 Å². The lowest BCUT2D eigenvalue weighted by atomic mass is 10.0. The van der Waals surface area contributed by atoms with E-state index in [1.165, 1.54) is 6.42 Å². The van der Waals surface area contributed by atoms with Gasteiger partial charge in [-0.3, -0.25) is 4.79 Å². The van der Waals surface area contributed by atoms with E-state index in [9.17, 15) is 4.79 Å². The number of nitrogens with zero attached hydrogens (tertiary/aromatic N) is 1. The molecule has 1 aliphatic heterocycles. The lowest BCUT2D eigenvalue weighted by Crippen LogP contribution is -2.54. The monoisotopic (exact) mass is 242 g/mol. The molecule has 1 heterocycles. The van der Waals surface area contributed by atoms with E-state index in [0.717, 1.165) is 26.0 Å². The van der Waals surface area contributed by atoms with Crippen LogP contribution in [0.4, 0.5) is 0 Å². The molecule has 17 heavy (non-hydrogen) atoms. The Morgan fingerprint density at radius 1 is 1.47 bits per heavy atom. The van der Waals surface area contributed by atoms with Gasteiger partial charge >= 0.3 is 0 Å². The van der Waals surface area contributed by atoms with Crippen LogP contribution < -0.4 is 5.32 Å². The van der Waals surface area contributed by atoms with E-state index in [1.54, 1.807) is 4.90 Å². The molecule has 1 unspecified atom stereocenters. The van der Waals surface area contributed by atoms with Gasteiger partial charge in [-0.15, -0.1) is 0 Å². The fourth-order valence-corrected chi connectivity index (χ4v) is 2.33. The van der Waals surface area contributed by atoms with E-state index < -0.39 is 5.54 Å². The van der Waals surface area contributed by atoms with Crippen molar-refractivity contribution in [1.29, 1.82) is 0 Å². The van der Waals surface area contributed by atoms with Crippen LogP contribution in [-0.2, 0) is 9.53 Å². The third kappa shape index (κ3) is 4.28. The second kappa shape index (κ2) is 6.36. The Balaban J connectivity index is 2.45. The minimum absolute atomic E-state index is 0.133. The fraction of sp³-hybridized carbons (Fsp3) is 0.923. The predicted molar refractivity (Wildman–Crippen MR) is 69.0 cm³/mol. The zero-order valence-electron chi connectivity index (χ0n) is 11.6. The van der Waals surface area contributed by atoms with Gasteiger partial charge in [0.2, 0.25) is 5.91 Å². The average Bonchev–Trinajstić information content (AvgIpc) is 2.29. The van der Waals surface area contributed by atoms with E-state index in [4.69, 9.17) is 4.74 Å². The zero-order chi connectivity index (χ0) is 12.9. The summed E-state index contributed by atoms with van der Waals surface area (Å²) in [7, 11) is 1.86. The molecule has 0 aromatic rings. The highest BCUT2D eigenvalue weighted by Gasteiger charge is 2.30. The summed E-state index contributed by atoms with van der Waals surface area (Å²) in [6, 6.07) is 0. The van der Waals surface area contributed by atoms with Gasteiger partial charge in [0, 0.05) is 20.2 Å². The highest BCUT2D eigenvalue weighted by molar-refractivity contribution is 5.85. The molecule has 1 atom stereocenters. The highest BCUT2D eigenvalue weighted by atomic mass is 16.5. The van der Waals surface area contributed by atoms with Gasteiger partial charge in [0.05, 0.1) is 11.6 Å². The standard InChI is InChI=1S/C13H26N2O2/c1-5-14-13(2,3)12(16)15(4)10-11-8-6-7-9-17-11/h11,14H,5-10H2,1-4H3. The Morgan fingerprint density at radius 2 is 2.18 bits per heavy atom. The van der Waals surface area contributed by atoms with Crippen LogP contribution in [0.1, 0.15) is 40.0 Å². The van der Waals surface area contributed by atoms with E-state index in [0.29, 0.717) is 6.54 Å². The molecule has 1 fully saturated rings. The topological polar surface area (TPSA) is 41.6 Å². The van der Waals surface area contributed by atoms with Gasteiger partial charge in [0.15, 0.2) is 0 Å². The molecule has 1 aliphatic rings. The number of amides is 1. The van der Waals surface area contributed by atoms with Crippen LogP contribution in [0.3, 0.4) is 0 Å². The van der Waals surface area contributed by atoms with Crippen LogP contribution in [0.25, 0.3) is 0 Å². The lowest BCUT2D eigenvalue weighted by Gasteiger charge is -2.33. The third-order valence-corrected chi connectivity index (χ3v) is 3.25. The molecule has 4 nitrogen and oxygen atoms in total.